The zero-order valence-corrected chi connectivity index (χ0v) is 10.8. The van der Waals surface area contributed by atoms with E-state index < -0.39 is 10.7 Å². The molecule has 0 radical (unpaired) electrons. The zero-order valence-electron chi connectivity index (χ0n) is 10.8. The summed E-state index contributed by atoms with van der Waals surface area (Å²) in [5, 5.41) is 18.5. The second kappa shape index (κ2) is 4.42. The first-order valence-corrected chi connectivity index (χ1v) is 5.65. The van der Waals surface area contributed by atoms with Crippen molar-refractivity contribution in [2.45, 2.75) is 26.3 Å². The molecule has 0 bridgehead atoms. The molecule has 1 aromatic carbocycles. The molecule has 1 aromatic heterocycles. The molecule has 0 saturated carbocycles. The number of non-ortho nitro benzene ring substituents is 1. The van der Waals surface area contributed by atoms with E-state index in [-0.39, 0.29) is 11.2 Å². The first-order chi connectivity index (χ1) is 8.79. The summed E-state index contributed by atoms with van der Waals surface area (Å²) in [5.74, 6) is -0.275. The molecule has 1 heterocycles. The van der Waals surface area contributed by atoms with Crippen LogP contribution < -0.4 is 0 Å². The van der Waals surface area contributed by atoms with Gasteiger partial charge >= 0.3 is 0 Å². The number of nitro groups is 1. The average Bonchev–Trinajstić information content (AvgIpc) is 2.76. The van der Waals surface area contributed by atoms with E-state index in [0.717, 1.165) is 6.07 Å². The van der Waals surface area contributed by atoms with E-state index in [4.69, 9.17) is 0 Å². The lowest BCUT2D eigenvalue weighted by molar-refractivity contribution is -0.385. The van der Waals surface area contributed by atoms with Crippen molar-refractivity contribution in [3.8, 4) is 11.4 Å². The van der Waals surface area contributed by atoms with Gasteiger partial charge in [-0.2, -0.15) is 0 Å². The summed E-state index contributed by atoms with van der Waals surface area (Å²) in [6, 6.07) is 3.37. The highest BCUT2D eigenvalue weighted by Crippen LogP contribution is 2.27. The first-order valence-electron chi connectivity index (χ1n) is 5.65. The molecule has 19 heavy (non-hydrogen) atoms. The van der Waals surface area contributed by atoms with E-state index in [1.165, 1.54) is 18.5 Å². The molecular weight excluding hydrogens is 251 g/mol. The summed E-state index contributed by atoms with van der Waals surface area (Å²) in [4.78, 5) is 10.1. The normalized spacial score (nSPS) is 11.6. The van der Waals surface area contributed by atoms with Crippen LogP contribution in [-0.4, -0.2) is 19.7 Å². The van der Waals surface area contributed by atoms with Gasteiger partial charge in [-0.3, -0.25) is 10.1 Å². The largest absolute Gasteiger partial charge is 0.308 e. The Morgan fingerprint density at radius 1 is 1.32 bits per heavy atom. The number of halogens is 1. The molecule has 0 spiro atoms. The topological polar surface area (TPSA) is 73.8 Å². The predicted octanol–water partition coefficient (Wildman–Crippen LogP) is 2.75. The third-order valence-corrected chi connectivity index (χ3v) is 2.62. The van der Waals surface area contributed by atoms with Gasteiger partial charge in [0.1, 0.15) is 12.1 Å². The van der Waals surface area contributed by atoms with Gasteiger partial charge in [0.2, 0.25) is 0 Å². The van der Waals surface area contributed by atoms with Gasteiger partial charge in [0.15, 0.2) is 5.82 Å². The van der Waals surface area contributed by atoms with Crippen LogP contribution in [-0.2, 0) is 5.54 Å². The van der Waals surface area contributed by atoms with Crippen molar-refractivity contribution < 1.29 is 9.31 Å². The molecule has 0 unspecified atom stereocenters. The molecule has 6 nitrogen and oxygen atoms in total. The highest BCUT2D eigenvalue weighted by Gasteiger charge is 2.21. The molecule has 0 aliphatic heterocycles. The highest BCUT2D eigenvalue weighted by atomic mass is 19.1. The van der Waals surface area contributed by atoms with Gasteiger partial charge in [-0.15, -0.1) is 10.2 Å². The van der Waals surface area contributed by atoms with Gasteiger partial charge in [-0.05, 0) is 26.8 Å². The second-order valence-corrected chi connectivity index (χ2v) is 5.15. The molecule has 0 atom stereocenters. The lowest BCUT2D eigenvalue weighted by Gasteiger charge is -2.22. The summed E-state index contributed by atoms with van der Waals surface area (Å²) < 4.78 is 15.2. The minimum absolute atomic E-state index is 0.306. The van der Waals surface area contributed by atoms with Crippen LogP contribution in [0.1, 0.15) is 20.8 Å². The monoisotopic (exact) mass is 264 g/mol. The minimum Gasteiger partial charge on any atom is -0.308 e. The van der Waals surface area contributed by atoms with Gasteiger partial charge in [0, 0.05) is 17.2 Å². The third kappa shape index (κ3) is 2.59. The number of nitrogens with zero attached hydrogens (tertiary/aromatic N) is 4. The van der Waals surface area contributed by atoms with Gasteiger partial charge in [-0.25, -0.2) is 4.39 Å². The smallest absolute Gasteiger partial charge is 0.273 e. The van der Waals surface area contributed by atoms with E-state index in [1.54, 1.807) is 4.57 Å². The molecule has 0 aliphatic rings. The van der Waals surface area contributed by atoms with Gasteiger partial charge in [0.25, 0.3) is 5.69 Å². The molecule has 0 N–H and O–H groups in total. The van der Waals surface area contributed by atoms with Crippen LogP contribution in [0.5, 0.6) is 0 Å². The second-order valence-electron chi connectivity index (χ2n) is 5.15. The third-order valence-electron chi connectivity index (χ3n) is 2.62. The van der Waals surface area contributed by atoms with E-state index in [0.29, 0.717) is 11.4 Å². The minimum atomic E-state index is -0.673. The van der Waals surface area contributed by atoms with Crippen LogP contribution in [0.2, 0.25) is 0 Å². The summed E-state index contributed by atoms with van der Waals surface area (Å²) in [6.07, 6.45) is 1.52. The Bertz CT molecular complexity index is 631. The fraction of sp³-hybridized carbons (Fsp3) is 0.333. The molecule has 2 aromatic rings. The highest BCUT2D eigenvalue weighted by molar-refractivity contribution is 5.59. The molecule has 0 fully saturated rings. The summed E-state index contributed by atoms with van der Waals surface area (Å²) in [7, 11) is 0. The molecule has 2 rings (SSSR count). The van der Waals surface area contributed by atoms with Crippen molar-refractivity contribution in [3.63, 3.8) is 0 Å². The van der Waals surface area contributed by atoms with Crippen molar-refractivity contribution in [1.29, 1.82) is 0 Å². The fourth-order valence-corrected chi connectivity index (χ4v) is 1.73. The maximum Gasteiger partial charge on any atom is 0.273 e. The fourth-order valence-electron chi connectivity index (χ4n) is 1.73. The van der Waals surface area contributed by atoms with Crippen molar-refractivity contribution in [2.75, 3.05) is 0 Å². The molecule has 7 heteroatoms. The van der Waals surface area contributed by atoms with E-state index in [2.05, 4.69) is 10.2 Å². The molecule has 100 valence electrons. The zero-order chi connectivity index (χ0) is 14.2. The van der Waals surface area contributed by atoms with Crippen molar-refractivity contribution in [3.05, 3.63) is 40.5 Å². The standard InChI is InChI=1S/C12H13FN4O2/c1-12(2,3)16-7-14-15-11(16)8-4-9(13)6-10(5-8)17(18)19/h4-7H,1-3H3. The van der Waals surface area contributed by atoms with Crippen LogP contribution in [0.4, 0.5) is 10.1 Å². The first kappa shape index (κ1) is 13.1. The Balaban J connectivity index is 2.60. The van der Waals surface area contributed by atoms with Gasteiger partial charge < -0.3 is 4.57 Å². The van der Waals surface area contributed by atoms with Crippen molar-refractivity contribution in [1.82, 2.24) is 14.8 Å². The predicted molar refractivity (Wildman–Crippen MR) is 67.1 cm³/mol. The number of hydrogen-bond donors (Lipinski definition) is 0. The van der Waals surface area contributed by atoms with Crippen LogP contribution in [0.3, 0.4) is 0 Å². The van der Waals surface area contributed by atoms with Gasteiger partial charge in [-0.1, -0.05) is 0 Å². The Kier molecular flexibility index (Phi) is 3.05. The van der Waals surface area contributed by atoms with Crippen molar-refractivity contribution in [2.24, 2.45) is 0 Å². The molecule has 0 amide bonds. The maximum absolute atomic E-state index is 13.4. The molecular formula is C12H13FN4O2. The SMILES string of the molecule is CC(C)(C)n1cnnc1-c1cc(F)cc([N+](=O)[O-])c1. The number of rotatable bonds is 2. The quantitative estimate of drug-likeness (QED) is 0.617. The summed E-state index contributed by atoms with van der Waals surface area (Å²) in [5.41, 5.74) is -0.280. The lowest BCUT2D eigenvalue weighted by atomic mass is 10.1. The number of hydrogen-bond acceptors (Lipinski definition) is 4. The van der Waals surface area contributed by atoms with Crippen LogP contribution in [0.25, 0.3) is 11.4 Å². The Morgan fingerprint density at radius 2 is 2.00 bits per heavy atom. The number of nitro benzene ring substituents is 1. The summed E-state index contributed by atoms with van der Waals surface area (Å²) in [6.45, 7) is 5.81. The summed E-state index contributed by atoms with van der Waals surface area (Å²) >= 11 is 0. The Morgan fingerprint density at radius 3 is 2.58 bits per heavy atom. The average molecular weight is 264 g/mol. The van der Waals surface area contributed by atoms with Crippen LogP contribution in [0, 0.1) is 15.9 Å². The molecule has 0 saturated heterocycles. The lowest BCUT2D eigenvalue weighted by Crippen LogP contribution is -2.21. The number of aromatic nitrogens is 3. The van der Waals surface area contributed by atoms with Crippen molar-refractivity contribution >= 4 is 5.69 Å². The Hall–Kier alpha value is -2.31. The van der Waals surface area contributed by atoms with Crippen LogP contribution in [0.15, 0.2) is 24.5 Å². The Labute approximate surface area is 109 Å². The van der Waals surface area contributed by atoms with E-state index >= 15 is 0 Å². The maximum atomic E-state index is 13.4. The van der Waals surface area contributed by atoms with Crippen LogP contribution >= 0.6 is 0 Å². The van der Waals surface area contributed by atoms with E-state index in [1.807, 2.05) is 20.8 Å². The number of benzene rings is 1. The molecule has 0 aliphatic carbocycles. The van der Waals surface area contributed by atoms with Gasteiger partial charge in [0.05, 0.1) is 11.0 Å². The van der Waals surface area contributed by atoms with E-state index in [9.17, 15) is 14.5 Å².